The van der Waals surface area contributed by atoms with Gasteiger partial charge in [0.05, 0.1) is 0 Å². The van der Waals surface area contributed by atoms with E-state index in [0.717, 1.165) is 36.4 Å². The Balaban J connectivity index is 1.96. The quantitative estimate of drug-likeness (QED) is 0.772. The molecule has 20 heavy (non-hydrogen) atoms. The molecule has 2 aromatic carbocycles. The summed E-state index contributed by atoms with van der Waals surface area (Å²) < 4.78 is 18.7. The molecule has 0 heterocycles. The van der Waals surface area contributed by atoms with E-state index >= 15 is 0 Å². The summed E-state index contributed by atoms with van der Waals surface area (Å²) in [7, 11) is 0. The van der Waals surface area contributed by atoms with E-state index < -0.39 is 0 Å². The van der Waals surface area contributed by atoms with Crippen molar-refractivity contribution in [1.29, 1.82) is 0 Å². The smallest absolute Gasteiger partial charge is 0.124 e. The second-order valence-corrected chi connectivity index (χ2v) is 4.70. The van der Waals surface area contributed by atoms with E-state index in [4.69, 9.17) is 4.74 Å². The molecule has 106 valence electrons. The van der Waals surface area contributed by atoms with E-state index in [1.807, 2.05) is 18.2 Å². The Kier molecular flexibility index (Phi) is 5.56. The number of halogens is 1. The Hall–Kier alpha value is -1.87. The molecule has 0 spiro atoms. The van der Waals surface area contributed by atoms with Crippen molar-refractivity contribution >= 4 is 0 Å². The molecule has 0 bridgehead atoms. The van der Waals surface area contributed by atoms with E-state index in [1.165, 1.54) is 12.1 Å². The van der Waals surface area contributed by atoms with Gasteiger partial charge in [0, 0.05) is 12.1 Å². The number of para-hydroxylation sites is 1. The molecule has 2 nitrogen and oxygen atoms in total. The first kappa shape index (κ1) is 14.5. The summed E-state index contributed by atoms with van der Waals surface area (Å²) in [5.41, 5.74) is 2.10. The lowest BCUT2D eigenvalue weighted by Gasteiger charge is -2.12. The summed E-state index contributed by atoms with van der Waals surface area (Å²) in [6.45, 7) is 4.38. The number of ether oxygens (including phenoxy) is 1. The molecular formula is C17H20FNO. The third kappa shape index (κ3) is 4.35. The summed E-state index contributed by atoms with van der Waals surface area (Å²) in [5.74, 6) is 0.651. The fourth-order valence-electron chi connectivity index (χ4n) is 1.93. The van der Waals surface area contributed by atoms with Gasteiger partial charge in [0.25, 0.3) is 0 Å². The molecule has 0 amide bonds. The Labute approximate surface area is 119 Å². The normalized spacial score (nSPS) is 10.5. The van der Waals surface area contributed by atoms with Crippen LogP contribution in [0.15, 0.2) is 48.5 Å². The van der Waals surface area contributed by atoms with Crippen LogP contribution in [0.5, 0.6) is 5.75 Å². The summed E-state index contributed by atoms with van der Waals surface area (Å²) >= 11 is 0. The molecule has 1 N–H and O–H groups in total. The zero-order valence-electron chi connectivity index (χ0n) is 11.7. The second kappa shape index (κ2) is 7.65. The SMILES string of the molecule is CCCNCc1ccccc1OCc1ccc(F)cc1. The molecule has 0 saturated carbocycles. The first-order valence-corrected chi connectivity index (χ1v) is 6.95. The molecule has 0 fully saturated rings. The van der Waals surface area contributed by atoms with Gasteiger partial charge in [0.1, 0.15) is 18.2 Å². The van der Waals surface area contributed by atoms with Crippen LogP contribution in [0.25, 0.3) is 0 Å². The maximum absolute atomic E-state index is 12.8. The zero-order chi connectivity index (χ0) is 14.2. The van der Waals surface area contributed by atoms with E-state index in [2.05, 4.69) is 18.3 Å². The minimum Gasteiger partial charge on any atom is -0.489 e. The summed E-state index contributed by atoms with van der Waals surface area (Å²) in [4.78, 5) is 0. The van der Waals surface area contributed by atoms with Gasteiger partial charge in [-0.05, 0) is 36.7 Å². The summed E-state index contributed by atoms with van der Waals surface area (Å²) in [6.07, 6.45) is 1.11. The van der Waals surface area contributed by atoms with Gasteiger partial charge in [0.2, 0.25) is 0 Å². The molecule has 0 aliphatic rings. The largest absolute Gasteiger partial charge is 0.489 e. The van der Waals surface area contributed by atoms with Gasteiger partial charge in [0.15, 0.2) is 0 Å². The summed E-state index contributed by atoms with van der Waals surface area (Å²) in [5, 5.41) is 3.37. The van der Waals surface area contributed by atoms with Crippen molar-refractivity contribution in [3.8, 4) is 5.75 Å². The van der Waals surface area contributed by atoms with Gasteiger partial charge >= 0.3 is 0 Å². The van der Waals surface area contributed by atoms with Crippen LogP contribution in [0.3, 0.4) is 0 Å². The van der Waals surface area contributed by atoms with Gasteiger partial charge in [-0.3, -0.25) is 0 Å². The molecule has 2 aromatic rings. The maximum atomic E-state index is 12.8. The fourth-order valence-corrected chi connectivity index (χ4v) is 1.93. The van der Waals surface area contributed by atoms with Crippen LogP contribution in [0.4, 0.5) is 4.39 Å². The number of rotatable bonds is 7. The topological polar surface area (TPSA) is 21.3 Å². The van der Waals surface area contributed by atoms with E-state index in [0.29, 0.717) is 6.61 Å². The molecule has 0 aromatic heterocycles. The Bertz CT molecular complexity index is 525. The van der Waals surface area contributed by atoms with Gasteiger partial charge in [-0.1, -0.05) is 37.3 Å². The standard InChI is InChI=1S/C17H20FNO/c1-2-11-19-12-15-5-3-4-6-17(15)20-13-14-7-9-16(18)10-8-14/h3-10,19H,2,11-13H2,1H3. The molecule has 0 aliphatic heterocycles. The van der Waals surface area contributed by atoms with Crippen LogP contribution >= 0.6 is 0 Å². The minimum absolute atomic E-state index is 0.224. The third-order valence-electron chi connectivity index (χ3n) is 3.02. The van der Waals surface area contributed by atoms with E-state index in [1.54, 1.807) is 12.1 Å². The van der Waals surface area contributed by atoms with Crippen LogP contribution in [0.1, 0.15) is 24.5 Å². The monoisotopic (exact) mass is 273 g/mol. The maximum Gasteiger partial charge on any atom is 0.124 e. The number of hydrogen-bond donors (Lipinski definition) is 1. The highest BCUT2D eigenvalue weighted by atomic mass is 19.1. The van der Waals surface area contributed by atoms with Crippen molar-refractivity contribution in [2.24, 2.45) is 0 Å². The average Bonchev–Trinajstić information content (AvgIpc) is 2.48. The highest BCUT2D eigenvalue weighted by molar-refractivity contribution is 5.33. The lowest BCUT2D eigenvalue weighted by molar-refractivity contribution is 0.302. The molecule has 0 radical (unpaired) electrons. The zero-order valence-corrected chi connectivity index (χ0v) is 11.7. The van der Waals surface area contributed by atoms with Crippen molar-refractivity contribution in [2.75, 3.05) is 6.54 Å². The van der Waals surface area contributed by atoms with E-state index in [-0.39, 0.29) is 5.82 Å². The fraction of sp³-hybridized carbons (Fsp3) is 0.294. The van der Waals surface area contributed by atoms with Crippen molar-refractivity contribution in [3.05, 3.63) is 65.5 Å². The van der Waals surface area contributed by atoms with E-state index in [9.17, 15) is 4.39 Å². The summed E-state index contributed by atoms with van der Waals surface area (Å²) in [6, 6.07) is 14.4. The molecule has 0 saturated heterocycles. The number of hydrogen-bond acceptors (Lipinski definition) is 2. The van der Waals surface area contributed by atoms with Gasteiger partial charge in [-0.15, -0.1) is 0 Å². The van der Waals surface area contributed by atoms with Crippen molar-refractivity contribution in [1.82, 2.24) is 5.32 Å². The van der Waals surface area contributed by atoms with Gasteiger partial charge < -0.3 is 10.1 Å². The Morgan fingerprint density at radius 3 is 2.55 bits per heavy atom. The second-order valence-electron chi connectivity index (χ2n) is 4.70. The molecule has 0 unspecified atom stereocenters. The predicted octanol–water partition coefficient (Wildman–Crippen LogP) is 3.90. The number of nitrogens with one attached hydrogen (secondary N) is 1. The Morgan fingerprint density at radius 1 is 1.05 bits per heavy atom. The van der Waals surface area contributed by atoms with Crippen LogP contribution in [-0.4, -0.2) is 6.54 Å². The van der Waals surface area contributed by atoms with Crippen molar-refractivity contribution in [2.45, 2.75) is 26.5 Å². The first-order valence-electron chi connectivity index (χ1n) is 6.95. The molecule has 0 atom stereocenters. The average molecular weight is 273 g/mol. The van der Waals surface area contributed by atoms with Crippen LogP contribution in [0, 0.1) is 5.82 Å². The highest BCUT2D eigenvalue weighted by Crippen LogP contribution is 2.19. The molecular weight excluding hydrogens is 253 g/mol. The van der Waals surface area contributed by atoms with Crippen LogP contribution in [0.2, 0.25) is 0 Å². The lowest BCUT2D eigenvalue weighted by Crippen LogP contribution is -2.14. The van der Waals surface area contributed by atoms with Gasteiger partial charge in [-0.25, -0.2) is 4.39 Å². The number of benzene rings is 2. The Morgan fingerprint density at radius 2 is 1.80 bits per heavy atom. The highest BCUT2D eigenvalue weighted by Gasteiger charge is 2.03. The molecule has 0 aliphatic carbocycles. The first-order chi connectivity index (χ1) is 9.79. The third-order valence-corrected chi connectivity index (χ3v) is 3.02. The van der Waals surface area contributed by atoms with Crippen LogP contribution in [-0.2, 0) is 13.2 Å². The molecule has 2 rings (SSSR count). The van der Waals surface area contributed by atoms with Crippen molar-refractivity contribution < 1.29 is 9.13 Å². The predicted molar refractivity (Wildman–Crippen MR) is 79.2 cm³/mol. The minimum atomic E-state index is -0.224. The molecule has 3 heteroatoms. The lowest BCUT2D eigenvalue weighted by atomic mass is 10.2. The van der Waals surface area contributed by atoms with Crippen LogP contribution < -0.4 is 10.1 Å². The van der Waals surface area contributed by atoms with Gasteiger partial charge in [-0.2, -0.15) is 0 Å². The van der Waals surface area contributed by atoms with Crippen molar-refractivity contribution in [3.63, 3.8) is 0 Å².